The molecule has 1 aliphatic rings. The third kappa shape index (κ3) is 4.88. The van der Waals surface area contributed by atoms with Crippen LogP contribution in [0.5, 0.6) is 0 Å². The predicted molar refractivity (Wildman–Crippen MR) is 129 cm³/mol. The Morgan fingerprint density at radius 2 is 1.71 bits per heavy atom. The van der Waals surface area contributed by atoms with E-state index in [-0.39, 0.29) is 24.5 Å². The molecule has 0 spiro atoms. The van der Waals surface area contributed by atoms with Gasteiger partial charge in [-0.25, -0.2) is 13.2 Å². The highest BCUT2D eigenvalue weighted by atomic mass is 32.2. The lowest BCUT2D eigenvalue weighted by Gasteiger charge is -2.35. The number of esters is 1. The van der Waals surface area contributed by atoms with Crippen LogP contribution in [0.1, 0.15) is 34.0 Å². The van der Waals surface area contributed by atoms with E-state index < -0.39 is 27.9 Å². The molecule has 34 heavy (non-hydrogen) atoms. The molecule has 3 aromatic carbocycles. The number of carbonyl (C=O) groups excluding carboxylic acids is 2. The summed E-state index contributed by atoms with van der Waals surface area (Å²) in [7, 11) is -3.94. The van der Waals surface area contributed by atoms with Crippen LogP contribution in [0.25, 0.3) is 0 Å². The number of aryl methyl sites for hydroxylation is 1. The number of sulfonamides is 1. The molecular formula is C26H26N2O5S. The first-order chi connectivity index (χ1) is 16.3. The molecule has 1 amide bonds. The lowest BCUT2D eigenvalue weighted by atomic mass is 9.95. The van der Waals surface area contributed by atoms with Gasteiger partial charge in [0.25, 0.3) is 0 Å². The zero-order valence-electron chi connectivity index (χ0n) is 19.0. The minimum Gasteiger partial charge on any atom is -0.462 e. The number of anilines is 1. The Morgan fingerprint density at radius 3 is 2.41 bits per heavy atom. The van der Waals surface area contributed by atoms with Crippen molar-refractivity contribution in [3.63, 3.8) is 0 Å². The van der Waals surface area contributed by atoms with Gasteiger partial charge in [0.05, 0.1) is 17.1 Å². The van der Waals surface area contributed by atoms with Gasteiger partial charge in [0, 0.05) is 12.2 Å². The third-order valence-corrected chi connectivity index (χ3v) is 7.65. The number of nitrogens with one attached hydrogen (secondary N) is 1. The number of ether oxygens (including phenoxy) is 1. The van der Waals surface area contributed by atoms with E-state index in [4.69, 9.17) is 4.74 Å². The van der Waals surface area contributed by atoms with E-state index >= 15 is 0 Å². The highest BCUT2D eigenvalue weighted by Gasteiger charge is 2.39. The molecule has 1 N–H and O–H groups in total. The second-order valence-corrected chi connectivity index (χ2v) is 10.0. The Morgan fingerprint density at radius 1 is 1.00 bits per heavy atom. The maximum Gasteiger partial charge on any atom is 0.338 e. The molecule has 0 radical (unpaired) electrons. The summed E-state index contributed by atoms with van der Waals surface area (Å²) in [5.41, 5.74) is 3.43. The fourth-order valence-corrected chi connectivity index (χ4v) is 5.55. The molecule has 0 saturated heterocycles. The molecule has 0 aromatic heterocycles. The van der Waals surface area contributed by atoms with Gasteiger partial charge in [-0.3, -0.25) is 4.79 Å². The van der Waals surface area contributed by atoms with Crippen molar-refractivity contribution in [1.82, 2.24) is 4.31 Å². The van der Waals surface area contributed by atoms with Crippen molar-refractivity contribution in [3.8, 4) is 0 Å². The normalized spacial score (nSPS) is 15.9. The molecule has 1 atom stereocenters. The number of carbonyl (C=O) groups is 2. The van der Waals surface area contributed by atoms with Gasteiger partial charge < -0.3 is 10.1 Å². The van der Waals surface area contributed by atoms with Crippen LogP contribution < -0.4 is 5.32 Å². The molecule has 176 valence electrons. The number of rotatable bonds is 6. The summed E-state index contributed by atoms with van der Waals surface area (Å²) < 4.78 is 33.4. The summed E-state index contributed by atoms with van der Waals surface area (Å²) in [5.74, 6) is -0.958. The molecule has 8 heteroatoms. The van der Waals surface area contributed by atoms with E-state index in [1.54, 1.807) is 49.4 Å². The molecule has 0 aliphatic carbocycles. The third-order valence-electron chi connectivity index (χ3n) is 5.78. The van der Waals surface area contributed by atoms with Crippen LogP contribution in [0.2, 0.25) is 0 Å². The highest BCUT2D eigenvalue weighted by molar-refractivity contribution is 7.89. The van der Waals surface area contributed by atoms with Crippen LogP contribution in [-0.4, -0.2) is 37.2 Å². The largest absolute Gasteiger partial charge is 0.462 e. The van der Waals surface area contributed by atoms with Crippen LogP contribution in [0.15, 0.2) is 77.7 Å². The predicted octanol–water partition coefficient (Wildman–Crippen LogP) is 3.93. The fraction of sp³-hybridized carbons (Fsp3) is 0.231. The van der Waals surface area contributed by atoms with Gasteiger partial charge in [-0.2, -0.15) is 4.31 Å². The Kier molecular flexibility index (Phi) is 6.81. The van der Waals surface area contributed by atoms with Crippen LogP contribution in [0.4, 0.5) is 5.69 Å². The molecule has 1 heterocycles. The van der Waals surface area contributed by atoms with Gasteiger partial charge in [0.1, 0.15) is 6.04 Å². The molecule has 0 bridgehead atoms. The van der Waals surface area contributed by atoms with Gasteiger partial charge in [0.2, 0.25) is 15.9 Å². The van der Waals surface area contributed by atoms with Gasteiger partial charge in [-0.1, -0.05) is 48.0 Å². The lowest BCUT2D eigenvalue weighted by Crippen LogP contribution is -2.50. The summed E-state index contributed by atoms with van der Waals surface area (Å²) in [5, 5.41) is 2.79. The topological polar surface area (TPSA) is 92.8 Å². The summed E-state index contributed by atoms with van der Waals surface area (Å²) in [6.07, 6.45) is 0.241. The fourth-order valence-electron chi connectivity index (χ4n) is 3.98. The van der Waals surface area contributed by atoms with Crippen molar-refractivity contribution >= 4 is 27.6 Å². The molecular weight excluding hydrogens is 452 g/mol. The van der Waals surface area contributed by atoms with E-state index in [1.165, 1.54) is 10.4 Å². The smallest absolute Gasteiger partial charge is 0.338 e. The Balaban J connectivity index is 1.66. The van der Waals surface area contributed by atoms with Crippen molar-refractivity contribution in [1.29, 1.82) is 0 Å². The first kappa shape index (κ1) is 23.7. The van der Waals surface area contributed by atoms with E-state index in [1.807, 2.05) is 31.2 Å². The second kappa shape index (κ2) is 9.79. The van der Waals surface area contributed by atoms with E-state index in [2.05, 4.69) is 5.32 Å². The number of amides is 1. The Hall–Kier alpha value is -3.49. The maximum atomic E-state index is 13.6. The average molecular weight is 479 g/mol. The SMILES string of the molecule is CCOC(=O)c1cccc(NC(=O)[C@H]2Cc3ccccc3CN2S(=O)(=O)c2ccc(C)cc2)c1. The summed E-state index contributed by atoms with van der Waals surface area (Å²) >= 11 is 0. The zero-order chi connectivity index (χ0) is 24.3. The first-order valence-electron chi connectivity index (χ1n) is 11.0. The van der Waals surface area contributed by atoms with Gasteiger partial charge in [-0.05, 0) is 61.7 Å². The Labute approximate surface area is 199 Å². The number of hydrogen-bond acceptors (Lipinski definition) is 5. The van der Waals surface area contributed by atoms with E-state index in [9.17, 15) is 18.0 Å². The average Bonchev–Trinajstić information content (AvgIpc) is 2.83. The highest BCUT2D eigenvalue weighted by Crippen LogP contribution is 2.30. The second-order valence-electron chi connectivity index (χ2n) is 8.14. The summed E-state index contributed by atoms with van der Waals surface area (Å²) in [4.78, 5) is 25.6. The zero-order valence-corrected chi connectivity index (χ0v) is 19.8. The monoisotopic (exact) mass is 478 g/mol. The van der Waals surface area contributed by atoms with Crippen molar-refractivity contribution in [2.24, 2.45) is 0 Å². The van der Waals surface area contributed by atoms with Crippen molar-refractivity contribution in [3.05, 3.63) is 95.1 Å². The van der Waals surface area contributed by atoms with Crippen LogP contribution >= 0.6 is 0 Å². The quantitative estimate of drug-likeness (QED) is 0.542. The van der Waals surface area contributed by atoms with E-state index in [0.717, 1.165) is 16.7 Å². The molecule has 3 aromatic rings. The number of fused-ring (bicyclic) bond motifs is 1. The molecule has 0 saturated carbocycles. The minimum absolute atomic E-state index is 0.0906. The van der Waals surface area contributed by atoms with Crippen LogP contribution in [0, 0.1) is 6.92 Å². The lowest BCUT2D eigenvalue weighted by molar-refractivity contribution is -0.120. The maximum absolute atomic E-state index is 13.6. The van der Waals surface area contributed by atoms with Gasteiger partial charge in [0.15, 0.2) is 0 Å². The molecule has 0 fully saturated rings. The minimum atomic E-state index is -3.94. The van der Waals surface area contributed by atoms with Crippen LogP contribution in [0.3, 0.4) is 0 Å². The van der Waals surface area contributed by atoms with E-state index in [0.29, 0.717) is 11.3 Å². The van der Waals surface area contributed by atoms with Crippen molar-refractivity contribution in [2.45, 2.75) is 37.8 Å². The summed E-state index contributed by atoms with van der Waals surface area (Å²) in [6, 6.07) is 19.6. The van der Waals surface area contributed by atoms with Gasteiger partial charge >= 0.3 is 5.97 Å². The number of benzene rings is 3. The van der Waals surface area contributed by atoms with Crippen LogP contribution in [-0.2, 0) is 32.5 Å². The van der Waals surface area contributed by atoms with Gasteiger partial charge in [-0.15, -0.1) is 0 Å². The molecule has 7 nitrogen and oxygen atoms in total. The molecule has 0 unspecified atom stereocenters. The van der Waals surface area contributed by atoms with Crippen molar-refractivity contribution < 1.29 is 22.7 Å². The van der Waals surface area contributed by atoms with Crippen molar-refractivity contribution in [2.75, 3.05) is 11.9 Å². The number of hydrogen-bond donors (Lipinski definition) is 1. The first-order valence-corrected chi connectivity index (χ1v) is 12.5. The molecule has 4 rings (SSSR count). The summed E-state index contributed by atoms with van der Waals surface area (Å²) in [6.45, 7) is 3.93. The number of nitrogens with zero attached hydrogens (tertiary/aromatic N) is 1. The Bertz CT molecular complexity index is 1320. The molecule has 1 aliphatic heterocycles. The standard InChI is InChI=1S/C26H26N2O5S/c1-3-33-26(30)20-9-6-10-22(15-20)27-25(29)24-16-19-7-4-5-8-21(19)17-28(24)34(31,32)23-13-11-18(2)12-14-23/h4-15,24H,3,16-17H2,1-2H3,(H,27,29)/t24-/m1/s1.